The van der Waals surface area contributed by atoms with Crippen LogP contribution in [0, 0.1) is 0 Å². The van der Waals surface area contributed by atoms with Crippen LogP contribution in [0.5, 0.6) is 0 Å². The lowest BCUT2D eigenvalue weighted by Gasteiger charge is -2.17. The Balaban J connectivity index is 2.86. The van der Waals surface area contributed by atoms with Gasteiger partial charge in [-0.1, -0.05) is 18.5 Å². The summed E-state index contributed by atoms with van der Waals surface area (Å²) < 4.78 is 0. The molecule has 0 radical (unpaired) electrons. The molecule has 2 N–H and O–H groups in total. The lowest BCUT2D eigenvalue weighted by atomic mass is 10.2. The second kappa shape index (κ2) is 6.26. The zero-order chi connectivity index (χ0) is 13.7. The highest BCUT2D eigenvalue weighted by Gasteiger charge is 2.12. The highest BCUT2D eigenvalue weighted by Crippen LogP contribution is 2.23. The first-order chi connectivity index (χ1) is 8.45. The van der Waals surface area contributed by atoms with Crippen molar-refractivity contribution in [2.45, 2.75) is 13.3 Å². The molecule has 1 rings (SSSR count). The average molecular weight is 271 g/mol. The minimum atomic E-state index is -1.07. The number of rotatable bonds is 4. The van der Waals surface area contributed by atoms with Gasteiger partial charge in [-0.3, -0.25) is 0 Å². The Kier molecular flexibility index (Phi) is 4.97. The fraction of sp³-hybridized carbons (Fsp3) is 0.333. The fourth-order valence-corrected chi connectivity index (χ4v) is 1.57. The van der Waals surface area contributed by atoms with Crippen molar-refractivity contribution in [1.82, 2.24) is 4.90 Å². The van der Waals surface area contributed by atoms with Crippen LogP contribution in [0.15, 0.2) is 18.2 Å². The highest BCUT2D eigenvalue weighted by molar-refractivity contribution is 6.33. The van der Waals surface area contributed by atoms with E-state index >= 15 is 0 Å². The molecule has 0 saturated heterocycles. The molecule has 0 aliphatic carbocycles. The van der Waals surface area contributed by atoms with Gasteiger partial charge in [-0.25, -0.2) is 9.59 Å². The first kappa shape index (κ1) is 14.3. The molecule has 0 unspecified atom stereocenters. The predicted molar refractivity (Wildman–Crippen MR) is 70.4 cm³/mol. The van der Waals surface area contributed by atoms with Crippen molar-refractivity contribution in [1.29, 1.82) is 0 Å². The van der Waals surface area contributed by atoms with Gasteiger partial charge in [-0.05, 0) is 24.6 Å². The van der Waals surface area contributed by atoms with E-state index in [0.717, 1.165) is 6.42 Å². The van der Waals surface area contributed by atoms with Gasteiger partial charge in [-0.15, -0.1) is 0 Å². The van der Waals surface area contributed by atoms with Gasteiger partial charge in [0.15, 0.2) is 0 Å². The first-order valence-electron chi connectivity index (χ1n) is 5.50. The number of carbonyl (C=O) groups excluding carboxylic acids is 1. The van der Waals surface area contributed by atoms with Gasteiger partial charge in [0.25, 0.3) is 0 Å². The summed E-state index contributed by atoms with van der Waals surface area (Å²) in [5.41, 5.74) is 0.373. The van der Waals surface area contributed by atoms with Crippen LogP contribution < -0.4 is 5.32 Å². The number of halogens is 1. The normalized spacial score (nSPS) is 9.94. The molecule has 0 heterocycles. The maximum Gasteiger partial charge on any atom is 0.335 e. The summed E-state index contributed by atoms with van der Waals surface area (Å²) >= 11 is 5.90. The molecule has 6 heteroatoms. The third-order valence-corrected chi connectivity index (χ3v) is 2.69. The van der Waals surface area contributed by atoms with Gasteiger partial charge in [0, 0.05) is 13.6 Å². The van der Waals surface area contributed by atoms with E-state index in [1.165, 1.54) is 23.1 Å². The Hall–Kier alpha value is -1.75. The highest BCUT2D eigenvalue weighted by atomic mass is 35.5. The van der Waals surface area contributed by atoms with E-state index in [4.69, 9.17) is 16.7 Å². The smallest absolute Gasteiger partial charge is 0.335 e. The number of hydrogen-bond donors (Lipinski definition) is 2. The van der Waals surface area contributed by atoms with Crippen LogP contribution in [-0.4, -0.2) is 35.6 Å². The monoisotopic (exact) mass is 270 g/mol. The largest absolute Gasteiger partial charge is 0.478 e. The molecule has 0 fully saturated rings. The van der Waals surface area contributed by atoms with Crippen LogP contribution in [-0.2, 0) is 0 Å². The standard InChI is InChI=1S/C12H15ClN2O3/c1-3-6-15(2)12(18)14-10-7-8(11(16)17)4-5-9(10)13/h4-5,7H,3,6H2,1-2H3,(H,14,18)(H,16,17). The van der Waals surface area contributed by atoms with Crippen molar-refractivity contribution >= 4 is 29.3 Å². The molecule has 1 aromatic carbocycles. The molecule has 0 aromatic heterocycles. The van der Waals surface area contributed by atoms with Crippen molar-refractivity contribution in [2.24, 2.45) is 0 Å². The van der Waals surface area contributed by atoms with E-state index in [0.29, 0.717) is 17.3 Å². The van der Waals surface area contributed by atoms with Gasteiger partial charge in [0.05, 0.1) is 16.3 Å². The number of urea groups is 1. The molecule has 0 aliphatic rings. The number of benzene rings is 1. The number of amides is 2. The second-order valence-electron chi connectivity index (χ2n) is 3.85. The summed E-state index contributed by atoms with van der Waals surface area (Å²) in [6.45, 7) is 2.57. The fourth-order valence-electron chi connectivity index (χ4n) is 1.40. The maximum absolute atomic E-state index is 11.7. The van der Waals surface area contributed by atoms with Crippen molar-refractivity contribution < 1.29 is 14.7 Å². The molecule has 0 saturated carbocycles. The number of anilines is 1. The summed E-state index contributed by atoms with van der Waals surface area (Å²) in [5.74, 6) is -1.07. The molecule has 2 amide bonds. The van der Waals surface area contributed by atoms with Crippen LogP contribution in [0.4, 0.5) is 10.5 Å². The molecule has 98 valence electrons. The van der Waals surface area contributed by atoms with Gasteiger partial charge in [0.2, 0.25) is 0 Å². The Morgan fingerprint density at radius 1 is 1.44 bits per heavy atom. The third kappa shape index (κ3) is 3.63. The molecule has 0 atom stereocenters. The summed E-state index contributed by atoms with van der Waals surface area (Å²) in [4.78, 5) is 24.1. The Morgan fingerprint density at radius 3 is 2.67 bits per heavy atom. The topological polar surface area (TPSA) is 69.6 Å². The van der Waals surface area contributed by atoms with Crippen molar-refractivity contribution in [3.05, 3.63) is 28.8 Å². The minimum absolute atomic E-state index is 0.0767. The van der Waals surface area contributed by atoms with E-state index in [1.807, 2.05) is 6.92 Å². The van der Waals surface area contributed by atoms with Crippen molar-refractivity contribution in [3.8, 4) is 0 Å². The summed E-state index contributed by atoms with van der Waals surface area (Å²) in [6, 6.07) is 3.85. The molecule has 1 aromatic rings. The number of carbonyl (C=O) groups is 2. The lowest BCUT2D eigenvalue weighted by Crippen LogP contribution is -2.32. The van der Waals surface area contributed by atoms with Crippen LogP contribution >= 0.6 is 11.6 Å². The zero-order valence-electron chi connectivity index (χ0n) is 10.2. The van der Waals surface area contributed by atoms with Gasteiger partial charge < -0.3 is 15.3 Å². The summed E-state index contributed by atoms with van der Waals surface area (Å²) in [6.07, 6.45) is 0.840. The van der Waals surface area contributed by atoms with Crippen molar-refractivity contribution in [2.75, 3.05) is 18.9 Å². The summed E-state index contributed by atoms with van der Waals surface area (Å²) in [5, 5.41) is 11.7. The number of aromatic carboxylic acids is 1. The lowest BCUT2D eigenvalue weighted by molar-refractivity contribution is 0.0697. The summed E-state index contributed by atoms with van der Waals surface area (Å²) in [7, 11) is 1.66. The molecule has 18 heavy (non-hydrogen) atoms. The maximum atomic E-state index is 11.7. The third-order valence-electron chi connectivity index (χ3n) is 2.36. The Bertz CT molecular complexity index is 463. The minimum Gasteiger partial charge on any atom is -0.478 e. The predicted octanol–water partition coefficient (Wildman–Crippen LogP) is 2.91. The second-order valence-corrected chi connectivity index (χ2v) is 4.26. The molecular weight excluding hydrogens is 256 g/mol. The first-order valence-corrected chi connectivity index (χ1v) is 5.88. The van der Waals surface area contributed by atoms with Crippen molar-refractivity contribution in [3.63, 3.8) is 0 Å². The zero-order valence-corrected chi connectivity index (χ0v) is 11.0. The Morgan fingerprint density at radius 2 is 2.11 bits per heavy atom. The number of nitrogens with one attached hydrogen (secondary N) is 1. The number of nitrogens with zero attached hydrogens (tertiary/aromatic N) is 1. The van der Waals surface area contributed by atoms with Crippen LogP contribution in [0.25, 0.3) is 0 Å². The molecule has 5 nitrogen and oxygen atoms in total. The van der Waals surface area contributed by atoms with E-state index in [9.17, 15) is 9.59 Å². The number of carboxylic acids is 1. The molecule has 0 bridgehead atoms. The SMILES string of the molecule is CCCN(C)C(=O)Nc1cc(C(=O)O)ccc1Cl. The average Bonchev–Trinajstić information content (AvgIpc) is 2.31. The van der Waals surface area contributed by atoms with Gasteiger partial charge >= 0.3 is 12.0 Å². The van der Waals surface area contributed by atoms with Gasteiger partial charge in [-0.2, -0.15) is 0 Å². The van der Waals surface area contributed by atoms with Crippen LogP contribution in [0.3, 0.4) is 0 Å². The number of hydrogen-bond acceptors (Lipinski definition) is 2. The van der Waals surface area contributed by atoms with Crippen LogP contribution in [0.2, 0.25) is 5.02 Å². The molecular formula is C12H15ClN2O3. The molecule has 0 spiro atoms. The van der Waals surface area contributed by atoms with E-state index < -0.39 is 5.97 Å². The van der Waals surface area contributed by atoms with E-state index in [2.05, 4.69) is 5.32 Å². The quantitative estimate of drug-likeness (QED) is 0.884. The van der Waals surface area contributed by atoms with E-state index in [1.54, 1.807) is 7.05 Å². The van der Waals surface area contributed by atoms with Crippen LogP contribution in [0.1, 0.15) is 23.7 Å². The van der Waals surface area contributed by atoms with E-state index in [-0.39, 0.29) is 11.6 Å². The Labute approximate surface area is 110 Å². The number of carboxylic acid groups (broad SMARTS) is 1. The van der Waals surface area contributed by atoms with Gasteiger partial charge in [0.1, 0.15) is 0 Å². The molecule has 0 aliphatic heterocycles.